The van der Waals surface area contributed by atoms with Crippen LogP contribution < -0.4 is 23.8 Å². The minimum Gasteiger partial charge on any atom is -0.493 e. The second-order valence-electron chi connectivity index (χ2n) is 8.36. The van der Waals surface area contributed by atoms with Gasteiger partial charge in [0.25, 0.3) is 0 Å². The smallest absolute Gasteiger partial charge is 0.247 e. The molecule has 37 heavy (non-hydrogen) atoms. The molecule has 0 aliphatic carbocycles. The lowest BCUT2D eigenvalue weighted by Crippen LogP contribution is -2.36. The summed E-state index contributed by atoms with van der Waals surface area (Å²) in [5, 5.41) is 9.30. The molecule has 0 unspecified atom stereocenters. The van der Waals surface area contributed by atoms with Crippen LogP contribution in [0.5, 0.6) is 23.1 Å². The molecule has 6 rings (SSSR count). The summed E-state index contributed by atoms with van der Waals surface area (Å²) in [6.07, 6.45) is -0.869. The predicted octanol–water partition coefficient (Wildman–Crippen LogP) is 5.01. The lowest BCUT2D eigenvalue weighted by atomic mass is 10.1. The highest BCUT2D eigenvalue weighted by Gasteiger charge is 2.36. The number of hydrogen-bond acceptors (Lipinski definition) is 9. The summed E-state index contributed by atoms with van der Waals surface area (Å²) in [5.74, 6) is 2.25. The van der Waals surface area contributed by atoms with Gasteiger partial charge in [-0.05, 0) is 23.8 Å². The number of anilines is 1. The Labute approximate surface area is 217 Å². The maximum atomic E-state index is 13.1. The van der Waals surface area contributed by atoms with Crippen molar-refractivity contribution in [2.75, 3.05) is 18.8 Å². The van der Waals surface area contributed by atoms with Crippen molar-refractivity contribution < 1.29 is 23.7 Å². The summed E-state index contributed by atoms with van der Waals surface area (Å²) in [5.41, 5.74) is 3.57. The molecule has 0 saturated heterocycles. The van der Waals surface area contributed by atoms with Crippen LogP contribution in [0.3, 0.4) is 0 Å². The number of carbonyl (C=O) groups excluding carboxylic acids is 1. The first-order chi connectivity index (χ1) is 18.1. The Balaban J connectivity index is 1.45. The Morgan fingerprint density at radius 2 is 1.89 bits per heavy atom. The van der Waals surface area contributed by atoms with Crippen LogP contribution in [0, 0.1) is 0 Å². The Kier molecular flexibility index (Phi) is 6.01. The number of nitrogens with zero attached hydrogens (tertiary/aromatic N) is 4. The van der Waals surface area contributed by atoms with Crippen LogP contribution in [0.25, 0.3) is 11.3 Å². The molecule has 2 aliphatic heterocycles. The Hall–Kier alpha value is -4.31. The van der Waals surface area contributed by atoms with E-state index in [1.54, 1.807) is 24.1 Å². The number of thioether (sulfide) groups is 1. The van der Waals surface area contributed by atoms with E-state index in [2.05, 4.69) is 10.2 Å². The molecule has 9 nitrogen and oxygen atoms in total. The van der Waals surface area contributed by atoms with Crippen molar-refractivity contribution in [2.45, 2.75) is 24.1 Å². The number of ether oxygens (including phenoxy) is 4. The van der Waals surface area contributed by atoms with Crippen molar-refractivity contribution in [1.29, 1.82) is 0 Å². The van der Waals surface area contributed by atoms with Gasteiger partial charge in [0.15, 0.2) is 17.2 Å². The fraction of sp³-hybridized carbons (Fsp3) is 0.185. The first kappa shape index (κ1) is 23.1. The Bertz CT molecular complexity index is 1480. The predicted molar refractivity (Wildman–Crippen MR) is 137 cm³/mol. The average molecular weight is 515 g/mol. The second-order valence-corrected chi connectivity index (χ2v) is 9.30. The molecule has 1 amide bonds. The quantitative estimate of drug-likeness (QED) is 0.341. The normalized spacial score (nSPS) is 15.3. The van der Waals surface area contributed by atoms with Gasteiger partial charge in [-0.25, -0.2) is 0 Å². The van der Waals surface area contributed by atoms with E-state index in [1.165, 1.54) is 18.7 Å². The van der Waals surface area contributed by atoms with Crippen molar-refractivity contribution >= 4 is 23.4 Å². The van der Waals surface area contributed by atoms with Gasteiger partial charge in [-0.15, -0.1) is 10.2 Å². The number of carbonyl (C=O) groups is 1. The molecule has 0 fully saturated rings. The number of fused-ring (bicyclic) bond motifs is 4. The monoisotopic (exact) mass is 514 g/mol. The largest absolute Gasteiger partial charge is 0.493 e. The Morgan fingerprint density at radius 1 is 1.08 bits per heavy atom. The van der Waals surface area contributed by atoms with E-state index in [-0.39, 0.29) is 18.6 Å². The molecule has 10 heteroatoms. The molecule has 0 bridgehead atoms. The van der Waals surface area contributed by atoms with E-state index in [0.717, 1.165) is 5.56 Å². The van der Waals surface area contributed by atoms with E-state index in [1.807, 2.05) is 54.6 Å². The fourth-order valence-electron chi connectivity index (χ4n) is 4.35. The van der Waals surface area contributed by atoms with Crippen molar-refractivity contribution in [1.82, 2.24) is 15.2 Å². The van der Waals surface area contributed by atoms with Gasteiger partial charge < -0.3 is 18.9 Å². The maximum absolute atomic E-state index is 13.1. The molecule has 0 radical (unpaired) electrons. The summed E-state index contributed by atoms with van der Waals surface area (Å²) >= 11 is 1.46. The minimum absolute atomic E-state index is 0.0852. The maximum Gasteiger partial charge on any atom is 0.247 e. The molecule has 186 valence electrons. The number of hydrogen-bond donors (Lipinski definition) is 0. The van der Waals surface area contributed by atoms with Gasteiger partial charge in [0.05, 0.1) is 12.8 Å². The average Bonchev–Trinajstić information content (AvgIpc) is 3.35. The lowest BCUT2D eigenvalue weighted by molar-refractivity contribution is -0.118. The van der Waals surface area contributed by atoms with Crippen molar-refractivity contribution in [3.8, 4) is 34.4 Å². The van der Waals surface area contributed by atoms with Crippen molar-refractivity contribution in [2.24, 2.45) is 0 Å². The topological polar surface area (TPSA) is 95.9 Å². The third-order valence-corrected chi connectivity index (χ3v) is 6.94. The van der Waals surface area contributed by atoms with Crippen LogP contribution in [-0.4, -0.2) is 35.0 Å². The SMILES string of the molecule is COc1cc([C@@H]2Oc3nc(SCc4ccccc4)nnc3-c3ccccc3N2C(C)=O)cc2c1OCO2. The molecular weight excluding hydrogens is 492 g/mol. The molecule has 1 aromatic heterocycles. The number of rotatable bonds is 5. The van der Waals surface area contributed by atoms with Gasteiger partial charge in [-0.2, -0.15) is 4.98 Å². The van der Waals surface area contributed by atoms with Gasteiger partial charge in [0, 0.05) is 23.8 Å². The zero-order valence-electron chi connectivity index (χ0n) is 20.1. The number of aromatic nitrogens is 3. The van der Waals surface area contributed by atoms with Gasteiger partial charge in [0.1, 0.15) is 0 Å². The summed E-state index contributed by atoms with van der Waals surface area (Å²) in [6.45, 7) is 1.58. The zero-order chi connectivity index (χ0) is 25.4. The molecule has 3 heterocycles. The highest BCUT2D eigenvalue weighted by atomic mass is 32.2. The van der Waals surface area contributed by atoms with E-state index in [0.29, 0.717) is 50.7 Å². The molecule has 0 spiro atoms. The summed E-state index contributed by atoms with van der Waals surface area (Å²) < 4.78 is 23.2. The van der Waals surface area contributed by atoms with Crippen LogP contribution in [-0.2, 0) is 10.5 Å². The minimum atomic E-state index is -0.869. The highest BCUT2D eigenvalue weighted by molar-refractivity contribution is 7.98. The molecule has 3 aromatic carbocycles. The van der Waals surface area contributed by atoms with Crippen molar-refractivity contribution in [3.63, 3.8) is 0 Å². The first-order valence-corrected chi connectivity index (χ1v) is 12.6. The zero-order valence-corrected chi connectivity index (χ0v) is 20.9. The van der Waals surface area contributed by atoms with Gasteiger partial charge in [-0.3, -0.25) is 9.69 Å². The number of methoxy groups -OCH3 is 1. The van der Waals surface area contributed by atoms with Crippen molar-refractivity contribution in [3.05, 3.63) is 77.9 Å². The van der Waals surface area contributed by atoms with Gasteiger partial charge in [0.2, 0.25) is 35.7 Å². The van der Waals surface area contributed by atoms with Crippen LogP contribution in [0.1, 0.15) is 24.3 Å². The van der Waals surface area contributed by atoms with Crippen LogP contribution in [0.15, 0.2) is 71.9 Å². The molecule has 1 atom stereocenters. The van der Waals surface area contributed by atoms with Gasteiger partial charge >= 0.3 is 0 Å². The molecular formula is C27H22N4O5S. The van der Waals surface area contributed by atoms with Crippen LogP contribution in [0.2, 0.25) is 0 Å². The van der Waals surface area contributed by atoms with E-state index in [4.69, 9.17) is 23.9 Å². The third kappa shape index (κ3) is 4.29. The summed E-state index contributed by atoms with van der Waals surface area (Å²) in [7, 11) is 1.55. The van der Waals surface area contributed by atoms with Gasteiger partial charge in [-0.1, -0.05) is 60.3 Å². The van der Waals surface area contributed by atoms with Crippen LogP contribution in [0.4, 0.5) is 5.69 Å². The van der Waals surface area contributed by atoms with E-state index in [9.17, 15) is 4.79 Å². The third-order valence-electron chi connectivity index (χ3n) is 6.03. The standard InChI is InChI=1S/C27H22N4O5S/c1-16(32)31-20-11-7-6-10-19(20)23-25(28-27(30-29-23)37-14-17-8-4-3-5-9-17)36-26(31)18-12-21(33-2)24-22(13-18)34-15-35-24/h3-13,26H,14-15H2,1-2H3/t26-/m0/s1. The molecule has 4 aromatic rings. The molecule has 0 saturated carbocycles. The number of amides is 1. The summed E-state index contributed by atoms with van der Waals surface area (Å²) in [6, 6.07) is 21.1. The highest BCUT2D eigenvalue weighted by Crippen LogP contribution is 2.47. The first-order valence-electron chi connectivity index (χ1n) is 11.6. The van der Waals surface area contributed by atoms with E-state index < -0.39 is 6.23 Å². The van der Waals surface area contributed by atoms with E-state index >= 15 is 0 Å². The van der Waals surface area contributed by atoms with Crippen LogP contribution >= 0.6 is 11.8 Å². The number of benzene rings is 3. The summed E-state index contributed by atoms with van der Waals surface area (Å²) in [4.78, 5) is 19.4. The number of para-hydroxylation sites is 1. The lowest BCUT2D eigenvalue weighted by Gasteiger charge is -2.30. The fourth-order valence-corrected chi connectivity index (χ4v) is 5.08. The second kappa shape index (κ2) is 9.62. The Morgan fingerprint density at radius 3 is 2.70 bits per heavy atom. The molecule has 0 N–H and O–H groups in total. The molecule has 2 aliphatic rings.